The van der Waals surface area contributed by atoms with E-state index in [0.717, 1.165) is 0 Å². The highest BCUT2D eigenvalue weighted by Gasteiger charge is 2.08. The number of hydrazone groups is 1. The van der Waals surface area contributed by atoms with Gasteiger partial charge < -0.3 is 5.11 Å². The number of benzene rings is 2. The highest BCUT2D eigenvalue weighted by molar-refractivity contribution is 9.10. The summed E-state index contributed by atoms with van der Waals surface area (Å²) in [7, 11) is 0. The molecule has 0 aromatic heterocycles. The predicted molar refractivity (Wildman–Crippen MR) is 87.3 cm³/mol. The van der Waals surface area contributed by atoms with Gasteiger partial charge in [0, 0.05) is 15.1 Å². The topological polar surface area (TPSA) is 61.7 Å². The van der Waals surface area contributed by atoms with Gasteiger partial charge in [-0.05, 0) is 40.2 Å². The number of phenolic OH excluding ortho intramolecular Hbond substituents is 1. The number of carbonyl (C=O) groups excluding carboxylic acids is 1. The molecule has 2 aromatic rings. The lowest BCUT2D eigenvalue weighted by Crippen LogP contribution is -2.18. The van der Waals surface area contributed by atoms with Crippen LogP contribution < -0.4 is 5.43 Å². The molecule has 0 aliphatic carbocycles. The molecule has 0 heterocycles. The first kappa shape index (κ1) is 15.8. The second-order valence-corrected chi connectivity index (χ2v) is 5.70. The fraction of sp³-hybridized carbons (Fsp3) is 0. The molecule has 0 fully saturated rings. The molecule has 0 saturated heterocycles. The zero-order chi connectivity index (χ0) is 15.4. The molecule has 4 nitrogen and oxygen atoms in total. The Kier molecular flexibility index (Phi) is 5.22. The quantitative estimate of drug-likeness (QED) is 0.611. The van der Waals surface area contributed by atoms with E-state index in [2.05, 4.69) is 26.5 Å². The van der Waals surface area contributed by atoms with Crippen LogP contribution in [0.25, 0.3) is 0 Å². The smallest absolute Gasteiger partial charge is 0.272 e. The minimum atomic E-state index is -0.383. The Hall–Kier alpha value is -1.56. The molecule has 0 aliphatic heterocycles. The average Bonchev–Trinajstić information content (AvgIpc) is 2.44. The third-order valence-electron chi connectivity index (χ3n) is 2.55. The minimum absolute atomic E-state index is 0.112. The van der Waals surface area contributed by atoms with Crippen LogP contribution in [0.3, 0.4) is 0 Å². The van der Waals surface area contributed by atoms with Gasteiger partial charge in [0.1, 0.15) is 5.75 Å². The van der Waals surface area contributed by atoms with Gasteiger partial charge in [0.2, 0.25) is 0 Å². The summed E-state index contributed by atoms with van der Waals surface area (Å²) < 4.78 is 0.659. The van der Waals surface area contributed by atoms with Crippen molar-refractivity contribution in [2.45, 2.75) is 0 Å². The zero-order valence-corrected chi connectivity index (χ0v) is 13.6. The number of rotatable bonds is 3. The molecule has 2 aromatic carbocycles. The largest absolute Gasteiger partial charge is 0.506 e. The van der Waals surface area contributed by atoms with Crippen molar-refractivity contribution < 1.29 is 9.90 Å². The Bertz CT molecular complexity index is 720. The van der Waals surface area contributed by atoms with E-state index < -0.39 is 0 Å². The van der Waals surface area contributed by atoms with Crippen LogP contribution in [0, 0.1) is 0 Å². The highest BCUT2D eigenvalue weighted by Crippen LogP contribution is 2.29. The first-order valence-corrected chi connectivity index (χ1v) is 7.30. The average molecular weight is 388 g/mol. The molecular weight excluding hydrogens is 379 g/mol. The number of nitrogens with zero attached hydrogens (tertiary/aromatic N) is 1. The number of amides is 1. The number of carbonyl (C=O) groups is 1. The van der Waals surface area contributed by atoms with Crippen LogP contribution in [-0.4, -0.2) is 17.2 Å². The third-order valence-corrected chi connectivity index (χ3v) is 3.74. The van der Waals surface area contributed by atoms with Crippen molar-refractivity contribution in [2.75, 3.05) is 0 Å². The number of hydrogen-bond acceptors (Lipinski definition) is 3. The number of halogens is 3. The van der Waals surface area contributed by atoms with Crippen LogP contribution in [0.2, 0.25) is 10.0 Å². The van der Waals surface area contributed by atoms with Crippen LogP contribution in [0.1, 0.15) is 15.9 Å². The fourth-order valence-electron chi connectivity index (χ4n) is 1.55. The molecule has 0 radical (unpaired) electrons. The summed E-state index contributed by atoms with van der Waals surface area (Å²) in [6.07, 6.45) is 1.27. The Morgan fingerprint density at radius 3 is 2.71 bits per heavy atom. The molecule has 2 N–H and O–H groups in total. The number of aromatic hydroxyl groups is 1. The van der Waals surface area contributed by atoms with Gasteiger partial charge in [0.25, 0.3) is 5.91 Å². The van der Waals surface area contributed by atoms with Crippen molar-refractivity contribution in [1.29, 1.82) is 0 Å². The second kappa shape index (κ2) is 6.93. The molecule has 0 aliphatic rings. The molecule has 0 bridgehead atoms. The summed E-state index contributed by atoms with van der Waals surface area (Å²) in [5, 5.41) is 14.0. The predicted octanol–water partition coefficient (Wildman–Crippen LogP) is 4.23. The number of hydrogen-bond donors (Lipinski definition) is 2. The first-order chi connectivity index (χ1) is 9.99. The van der Waals surface area contributed by atoms with Crippen LogP contribution in [0.4, 0.5) is 0 Å². The fourth-order valence-corrected chi connectivity index (χ4v) is 2.52. The maximum absolute atomic E-state index is 11.9. The van der Waals surface area contributed by atoms with Crippen molar-refractivity contribution >= 4 is 51.3 Å². The van der Waals surface area contributed by atoms with Crippen LogP contribution >= 0.6 is 39.1 Å². The van der Waals surface area contributed by atoms with E-state index in [1.165, 1.54) is 18.3 Å². The Morgan fingerprint density at radius 2 is 2.00 bits per heavy atom. The summed E-state index contributed by atoms with van der Waals surface area (Å²) in [5.41, 5.74) is 3.11. The van der Waals surface area contributed by atoms with E-state index in [0.29, 0.717) is 20.6 Å². The van der Waals surface area contributed by atoms with Gasteiger partial charge in [-0.1, -0.05) is 35.3 Å². The van der Waals surface area contributed by atoms with E-state index >= 15 is 0 Å². The van der Waals surface area contributed by atoms with Crippen molar-refractivity contribution in [3.63, 3.8) is 0 Å². The van der Waals surface area contributed by atoms with Crippen molar-refractivity contribution in [1.82, 2.24) is 5.43 Å². The van der Waals surface area contributed by atoms with Gasteiger partial charge in [-0.2, -0.15) is 5.10 Å². The van der Waals surface area contributed by atoms with Gasteiger partial charge >= 0.3 is 0 Å². The molecule has 7 heteroatoms. The van der Waals surface area contributed by atoms with E-state index in [1.54, 1.807) is 24.3 Å². The lowest BCUT2D eigenvalue weighted by atomic mass is 10.2. The number of phenols is 1. The lowest BCUT2D eigenvalue weighted by Gasteiger charge is -2.04. The van der Waals surface area contributed by atoms with E-state index in [4.69, 9.17) is 23.2 Å². The summed E-state index contributed by atoms with van der Waals surface area (Å²) >= 11 is 14.9. The molecule has 0 saturated carbocycles. The van der Waals surface area contributed by atoms with Crippen LogP contribution in [-0.2, 0) is 0 Å². The molecule has 2 rings (SSSR count). The standard InChI is InChI=1S/C14H9BrCl2N2O2/c15-11-4-2-1-3-10(11)14(21)19-18-7-8-5-9(16)6-12(17)13(8)20/h1-7,20H,(H,19,21)/b18-7+. The SMILES string of the molecule is O=C(N/N=C/c1cc(Cl)cc(Cl)c1O)c1ccccc1Br. The normalized spacial score (nSPS) is 10.8. The summed E-state index contributed by atoms with van der Waals surface area (Å²) in [5.74, 6) is -0.536. The Morgan fingerprint density at radius 1 is 1.29 bits per heavy atom. The van der Waals surface area contributed by atoms with Crippen molar-refractivity contribution in [3.05, 3.63) is 62.0 Å². The number of nitrogens with one attached hydrogen (secondary N) is 1. The Labute approximate surface area is 139 Å². The van der Waals surface area contributed by atoms with Crippen molar-refractivity contribution in [3.8, 4) is 5.75 Å². The molecule has 1 amide bonds. The van der Waals surface area contributed by atoms with E-state index in [1.807, 2.05) is 0 Å². The molecular formula is C14H9BrCl2N2O2. The molecule has 21 heavy (non-hydrogen) atoms. The second-order valence-electron chi connectivity index (χ2n) is 4.00. The van der Waals surface area contributed by atoms with Gasteiger partial charge in [-0.3, -0.25) is 4.79 Å². The first-order valence-electron chi connectivity index (χ1n) is 5.75. The van der Waals surface area contributed by atoms with Gasteiger partial charge in [0.05, 0.1) is 16.8 Å². The summed E-state index contributed by atoms with van der Waals surface area (Å²) in [6.45, 7) is 0. The van der Waals surface area contributed by atoms with Crippen molar-refractivity contribution in [2.24, 2.45) is 5.10 Å². The minimum Gasteiger partial charge on any atom is -0.506 e. The summed E-state index contributed by atoms with van der Waals surface area (Å²) in [4.78, 5) is 11.9. The van der Waals surface area contributed by atoms with E-state index in [9.17, 15) is 9.90 Å². The van der Waals surface area contributed by atoms with Crippen LogP contribution in [0.5, 0.6) is 5.75 Å². The molecule has 108 valence electrons. The van der Waals surface area contributed by atoms with E-state index in [-0.39, 0.29) is 16.7 Å². The maximum Gasteiger partial charge on any atom is 0.272 e. The van der Waals surface area contributed by atoms with Gasteiger partial charge in [-0.15, -0.1) is 0 Å². The molecule has 0 spiro atoms. The lowest BCUT2D eigenvalue weighted by molar-refractivity contribution is 0.0954. The van der Waals surface area contributed by atoms with Gasteiger partial charge in [-0.25, -0.2) is 5.43 Å². The third kappa shape index (κ3) is 3.97. The highest BCUT2D eigenvalue weighted by atomic mass is 79.9. The van der Waals surface area contributed by atoms with Crippen LogP contribution in [0.15, 0.2) is 46.0 Å². The zero-order valence-electron chi connectivity index (χ0n) is 10.5. The Balaban J connectivity index is 2.13. The maximum atomic E-state index is 11.9. The molecule has 0 atom stereocenters. The molecule has 0 unspecified atom stereocenters. The summed E-state index contributed by atoms with van der Waals surface area (Å²) in [6, 6.07) is 9.85. The monoisotopic (exact) mass is 386 g/mol. The van der Waals surface area contributed by atoms with Gasteiger partial charge in [0.15, 0.2) is 0 Å².